The predicted octanol–water partition coefficient (Wildman–Crippen LogP) is 3.49. The van der Waals surface area contributed by atoms with Gasteiger partial charge in [0.2, 0.25) is 10.0 Å². The number of hydrogen-bond acceptors (Lipinski definition) is 4. The Hall–Kier alpha value is -2.05. The Bertz CT molecular complexity index is 893. The maximum atomic E-state index is 12.6. The van der Waals surface area contributed by atoms with Crippen molar-refractivity contribution in [2.75, 3.05) is 19.8 Å². The lowest BCUT2D eigenvalue weighted by Crippen LogP contribution is -2.26. The van der Waals surface area contributed by atoms with Crippen molar-refractivity contribution in [1.82, 2.24) is 4.72 Å². The van der Waals surface area contributed by atoms with Crippen molar-refractivity contribution in [1.29, 1.82) is 0 Å². The molecule has 5 nitrogen and oxygen atoms in total. The smallest absolute Gasteiger partial charge is 0.240 e. The van der Waals surface area contributed by atoms with Crippen LogP contribution in [-0.4, -0.2) is 28.2 Å². The maximum Gasteiger partial charge on any atom is 0.240 e. The van der Waals surface area contributed by atoms with Gasteiger partial charge in [-0.25, -0.2) is 13.1 Å². The summed E-state index contributed by atoms with van der Waals surface area (Å²) in [6.45, 7) is 5.30. The molecule has 0 fully saturated rings. The highest BCUT2D eigenvalue weighted by Gasteiger charge is 2.18. The topological polar surface area (TPSA) is 64.6 Å². The van der Waals surface area contributed by atoms with Crippen molar-refractivity contribution < 1.29 is 17.9 Å². The van der Waals surface area contributed by atoms with E-state index in [0.29, 0.717) is 42.6 Å². The number of hydrogen-bond donors (Lipinski definition) is 1. The van der Waals surface area contributed by atoms with Crippen molar-refractivity contribution in [2.45, 2.75) is 44.4 Å². The summed E-state index contributed by atoms with van der Waals surface area (Å²) in [5.41, 5.74) is 3.43. The van der Waals surface area contributed by atoms with E-state index in [4.69, 9.17) is 9.47 Å². The van der Waals surface area contributed by atoms with Gasteiger partial charge in [-0.15, -0.1) is 0 Å². The molecule has 2 aromatic carbocycles. The molecule has 1 N–H and O–H groups in total. The molecule has 0 radical (unpaired) electrons. The average Bonchev–Trinajstić information content (AvgIpc) is 3.12. The van der Waals surface area contributed by atoms with E-state index in [1.54, 1.807) is 6.07 Å². The first-order valence-electron chi connectivity index (χ1n) is 9.53. The van der Waals surface area contributed by atoms with Crippen molar-refractivity contribution in [3.63, 3.8) is 0 Å². The van der Waals surface area contributed by atoms with E-state index >= 15 is 0 Å². The Morgan fingerprint density at radius 3 is 2.44 bits per heavy atom. The van der Waals surface area contributed by atoms with Crippen LogP contribution in [-0.2, 0) is 29.3 Å². The van der Waals surface area contributed by atoms with E-state index in [0.717, 1.165) is 30.4 Å². The molecular formula is C21H27NO4S. The lowest BCUT2D eigenvalue weighted by Gasteiger charge is -2.13. The summed E-state index contributed by atoms with van der Waals surface area (Å²) in [4.78, 5) is 0.352. The molecule has 0 aromatic heterocycles. The fourth-order valence-corrected chi connectivity index (χ4v) is 4.46. The van der Waals surface area contributed by atoms with Gasteiger partial charge in [-0.05, 0) is 80.5 Å². The van der Waals surface area contributed by atoms with Gasteiger partial charge < -0.3 is 9.47 Å². The number of rotatable bonds is 9. The quantitative estimate of drug-likeness (QED) is 0.713. The van der Waals surface area contributed by atoms with Crippen LogP contribution in [0, 0.1) is 0 Å². The van der Waals surface area contributed by atoms with Crippen molar-refractivity contribution >= 4 is 10.0 Å². The van der Waals surface area contributed by atoms with Crippen LogP contribution in [0.15, 0.2) is 41.3 Å². The van der Waals surface area contributed by atoms with Crippen LogP contribution in [0.25, 0.3) is 0 Å². The molecule has 0 heterocycles. The van der Waals surface area contributed by atoms with Crippen LogP contribution < -0.4 is 14.2 Å². The summed E-state index contributed by atoms with van der Waals surface area (Å²) < 4.78 is 39.0. The van der Waals surface area contributed by atoms with Crippen LogP contribution in [0.3, 0.4) is 0 Å². The fourth-order valence-electron chi connectivity index (χ4n) is 3.38. The molecule has 0 saturated carbocycles. The van der Waals surface area contributed by atoms with Gasteiger partial charge in [-0.1, -0.05) is 12.1 Å². The first-order chi connectivity index (χ1) is 13.0. The zero-order chi connectivity index (χ0) is 19.3. The second kappa shape index (κ2) is 8.76. The summed E-state index contributed by atoms with van der Waals surface area (Å²) in [7, 11) is -3.50. The molecule has 1 aliphatic carbocycles. The third kappa shape index (κ3) is 4.82. The molecule has 0 saturated heterocycles. The van der Waals surface area contributed by atoms with Crippen LogP contribution >= 0.6 is 0 Å². The van der Waals surface area contributed by atoms with Gasteiger partial charge in [-0.3, -0.25) is 0 Å². The molecule has 146 valence electrons. The predicted molar refractivity (Wildman–Crippen MR) is 106 cm³/mol. The second-order valence-corrected chi connectivity index (χ2v) is 8.35. The maximum absolute atomic E-state index is 12.6. The number of sulfonamides is 1. The number of benzene rings is 2. The summed E-state index contributed by atoms with van der Waals surface area (Å²) >= 11 is 0. The summed E-state index contributed by atoms with van der Waals surface area (Å²) in [6, 6.07) is 11.2. The van der Waals surface area contributed by atoms with E-state index in [-0.39, 0.29) is 0 Å². The molecule has 27 heavy (non-hydrogen) atoms. The van der Waals surface area contributed by atoms with Gasteiger partial charge in [-0.2, -0.15) is 0 Å². The molecule has 0 spiro atoms. The highest BCUT2D eigenvalue weighted by molar-refractivity contribution is 7.89. The molecular weight excluding hydrogens is 362 g/mol. The SMILES string of the molecule is CCOc1ccc(CCNS(=O)(=O)c2ccc3c(c2)CCC3)cc1OCC. The minimum Gasteiger partial charge on any atom is -0.490 e. The van der Waals surface area contributed by atoms with E-state index in [1.807, 2.05) is 44.2 Å². The lowest BCUT2D eigenvalue weighted by atomic mass is 10.1. The highest BCUT2D eigenvalue weighted by atomic mass is 32.2. The van der Waals surface area contributed by atoms with Crippen molar-refractivity contribution in [3.8, 4) is 11.5 Å². The summed E-state index contributed by atoms with van der Waals surface area (Å²) in [5, 5.41) is 0. The minimum atomic E-state index is -3.50. The Balaban J connectivity index is 1.64. The summed E-state index contributed by atoms with van der Waals surface area (Å²) in [6.07, 6.45) is 3.69. The fraction of sp³-hybridized carbons (Fsp3) is 0.429. The summed E-state index contributed by atoms with van der Waals surface area (Å²) in [5.74, 6) is 1.40. The Labute approximate surface area is 161 Å². The molecule has 0 unspecified atom stereocenters. The van der Waals surface area contributed by atoms with Gasteiger partial charge >= 0.3 is 0 Å². The van der Waals surface area contributed by atoms with E-state index in [1.165, 1.54) is 5.56 Å². The standard InChI is InChI=1S/C21H27NO4S/c1-3-25-20-11-8-16(14-21(20)26-4-2)12-13-22-27(23,24)19-10-9-17-6-5-7-18(17)15-19/h8-11,14-15,22H,3-7,12-13H2,1-2H3. The van der Waals surface area contributed by atoms with Crippen molar-refractivity contribution in [3.05, 3.63) is 53.1 Å². The monoisotopic (exact) mass is 389 g/mol. The second-order valence-electron chi connectivity index (χ2n) is 6.58. The molecule has 1 aliphatic rings. The third-order valence-corrected chi connectivity index (χ3v) is 6.15. The largest absolute Gasteiger partial charge is 0.490 e. The number of aryl methyl sites for hydroxylation is 2. The number of nitrogens with one attached hydrogen (secondary N) is 1. The first-order valence-corrected chi connectivity index (χ1v) is 11.0. The van der Waals surface area contributed by atoms with Crippen LogP contribution in [0.5, 0.6) is 11.5 Å². The molecule has 0 amide bonds. The molecule has 0 aliphatic heterocycles. The van der Waals surface area contributed by atoms with E-state index in [2.05, 4.69) is 4.72 Å². The van der Waals surface area contributed by atoms with E-state index in [9.17, 15) is 8.42 Å². The molecule has 3 rings (SSSR count). The van der Waals surface area contributed by atoms with E-state index < -0.39 is 10.0 Å². The van der Waals surface area contributed by atoms with Gasteiger partial charge in [0, 0.05) is 6.54 Å². The zero-order valence-electron chi connectivity index (χ0n) is 16.0. The Morgan fingerprint density at radius 2 is 1.67 bits per heavy atom. The molecule has 0 bridgehead atoms. The minimum absolute atomic E-state index is 0.332. The van der Waals surface area contributed by atoms with Gasteiger partial charge in [0.25, 0.3) is 0 Å². The number of fused-ring (bicyclic) bond motifs is 1. The normalized spacial score (nSPS) is 13.4. The van der Waals surface area contributed by atoms with Gasteiger partial charge in [0.05, 0.1) is 18.1 Å². The van der Waals surface area contributed by atoms with Gasteiger partial charge in [0.15, 0.2) is 11.5 Å². The molecule has 0 atom stereocenters. The average molecular weight is 390 g/mol. The van der Waals surface area contributed by atoms with Crippen LogP contribution in [0.2, 0.25) is 0 Å². The molecule has 2 aromatic rings. The molecule has 6 heteroatoms. The van der Waals surface area contributed by atoms with Crippen LogP contribution in [0.4, 0.5) is 0 Å². The highest BCUT2D eigenvalue weighted by Crippen LogP contribution is 2.29. The van der Waals surface area contributed by atoms with Crippen LogP contribution in [0.1, 0.15) is 37.0 Å². The zero-order valence-corrected chi connectivity index (χ0v) is 16.8. The Morgan fingerprint density at radius 1 is 0.926 bits per heavy atom. The van der Waals surface area contributed by atoms with Gasteiger partial charge in [0.1, 0.15) is 0 Å². The number of ether oxygens (including phenoxy) is 2. The third-order valence-electron chi connectivity index (χ3n) is 4.69. The first kappa shape index (κ1) is 19.7. The van der Waals surface area contributed by atoms with Crippen molar-refractivity contribution in [2.24, 2.45) is 0 Å². The Kier molecular flexibility index (Phi) is 6.39. The lowest BCUT2D eigenvalue weighted by molar-refractivity contribution is 0.287.